The molecular weight excluding hydrogens is 156 g/mol. The second kappa shape index (κ2) is 3.17. The van der Waals surface area contributed by atoms with Gasteiger partial charge in [0.15, 0.2) is 11.5 Å². The van der Waals surface area contributed by atoms with Crippen LogP contribution in [0.5, 0.6) is 0 Å². The molecule has 0 bridgehead atoms. The molecule has 0 amide bonds. The van der Waals surface area contributed by atoms with Crippen LogP contribution < -0.4 is 5.56 Å². The summed E-state index contributed by atoms with van der Waals surface area (Å²) in [5.74, 6) is 0.403. The number of hydrogen-bond acceptors (Lipinski definition) is 3. The number of hydrogen-bond donors (Lipinski definition) is 1. The topological polar surface area (TPSA) is 62.5 Å². The summed E-state index contributed by atoms with van der Waals surface area (Å²) in [6.45, 7) is 5.06. The molecule has 5 nitrogen and oxygen atoms in total. The van der Waals surface area contributed by atoms with Gasteiger partial charge in [0.2, 0.25) is 0 Å². The first-order valence-corrected chi connectivity index (χ1v) is 3.45. The van der Waals surface area contributed by atoms with E-state index in [9.17, 15) is 4.79 Å². The molecule has 0 aromatic carbocycles. The van der Waals surface area contributed by atoms with Crippen molar-refractivity contribution in [3.8, 4) is 0 Å². The minimum absolute atomic E-state index is 0.199. The second-order valence-electron chi connectivity index (χ2n) is 2.22. The van der Waals surface area contributed by atoms with Crippen molar-refractivity contribution in [1.29, 1.82) is 0 Å². The Morgan fingerprint density at radius 3 is 2.83 bits per heavy atom. The molecule has 1 aromatic rings. The first kappa shape index (κ1) is 8.45. The summed E-state index contributed by atoms with van der Waals surface area (Å²) in [4.78, 5) is 18.8. The van der Waals surface area contributed by atoms with Gasteiger partial charge in [-0.25, -0.2) is 4.99 Å². The molecule has 0 radical (unpaired) electrons. The molecule has 1 N–H and O–H groups in total. The quantitative estimate of drug-likeness (QED) is 0.648. The normalized spacial score (nSPS) is 10.8. The van der Waals surface area contributed by atoms with Gasteiger partial charge in [-0.2, -0.15) is 0 Å². The van der Waals surface area contributed by atoms with Gasteiger partial charge in [-0.15, -0.1) is 0 Å². The predicted octanol–water partition coefficient (Wildman–Crippen LogP) is 0.768. The van der Waals surface area contributed by atoms with E-state index in [-0.39, 0.29) is 5.56 Å². The van der Waals surface area contributed by atoms with Crippen LogP contribution in [-0.2, 0) is 7.05 Å². The summed E-state index contributed by atoms with van der Waals surface area (Å²) >= 11 is 0. The maximum absolute atomic E-state index is 11.3. The molecule has 0 saturated heterocycles. The number of rotatable bonds is 2. The van der Waals surface area contributed by atoms with Crippen LogP contribution in [-0.4, -0.2) is 22.7 Å². The molecule has 0 spiro atoms. The van der Waals surface area contributed by atoms with E-state index in [1.165, 1.54) is 4.68 Å². The molecule has 64 valence electrons. The van der Waals surface area contributed by atoms with E-state index < -0.39 is 0 Å². The lowest BCUT2D eigenvalue weighted by Gasteiger charge is -1.84. The lowest BCUT2D eigenvalue weighted by molar-refractivity contribution is 0.741. The van der Waals surface area contributed by atoms with E-state index in [0.29, 0.717) is 11.5 Å². The number of aryl methyl sites for hydroxylation is 1. The molecule has 1 heterocycles. The van der Waals surface area contributed by atoms with E-state index in [1.807, 2.05) is 0 Å². The Morgan fingerprint density at radius 2 is 2.33 bits per heavy atom. The minimum atomic E-state index is -0.199. The van der Waals surface area contributed by atoms with Gasteiger partial charge >= 0.3 is 0 Å². The van der Waals surface area contributed by atoms with Crippen LogP contribution >= 0.6 is 0 Å². The summed E-state index contributed by atoms with van der Waals surface area (Å²) in [6, 6.07) is 0. The van der Waals surface area contributed by atoms with Gasteiger partial charge in [0.25, 0.3) is 5.56 Å². The van der Waals surface area contributed by atoms with Gasteiger partial charge in [0.1, 0.15) is 0 Å². The third-order valence-corrected chi connectivity index (χ3v) is 1.42. The standard InChI is InChI=1S/C7H10N4O/c1-4-9-5-6(8-2)10-11(3)7(5)12/h4,10H,2H2,1,3H3/b9-4-. The van der Waals surface area contributed by atoms with E-state index in [2.05, 4.69) is 21.8 Å². The third-order valence-electron chi connectivity index (χ3n) is 1.42. The summed E-state index contributed by atoms with van der Waals surface area (Å²) in [5, 5.41) is 2.71. The highest BCUT2D eigenvalue weighted by molar-refractivity contribution is 5.67. The molecule has 12 heavy (non-hydrogen) atoms. The number of aromatic amines is 1. The van der Waals surface area contributed by atoms with Crippen molar-refractivity contribution in [2.75, 3.05) is 0 Å². The van der Waals surface area contributed by atoms with Crippen LogP contribution in [0, 0.1) is 0 Å². The molecular formula is C7H10N4O. The first-order valence-electron chi connectivity index (χ1n) is 3.45. The van der Waals surface area contributed by atoms with Gasteiger partial charge < -0.3 is 0 Å². The van der Waals surface area contributed by atoms with Gasteiger partial charge in [0.05, 0.1) is 0 Å². The van der Waals surface area contributed by atoms with Gasteiger partial charge in [-0.3, -0.25) is 19.6 Å². The highest BCUT2D eigenvalue weighted by Gasteiger charge is 2.08. The molecule has 0 aliphatic heterocycles. The van der Waals surface area contributed by atoms with Crippen molar-refractivity contribution in [1.82, 2.24) is 9.78 Å². The van der Waals surface area contributed by atoms with Gasteiger partial charge in [-0.05, 0) is 13.6 Å². The Balaban J connectivity index is 3.41. The third kappa shape index (κ3) is 1.20. The molecule has 5 heteroatoms. The molecule has 1 rings (SSSR count). The van der Waals surface area contributed by atoms with Crippen LogP contribution in [0.15, 0.2) is 14.8 Å². The van der Waals surface area contributed by atoms with E-state index in [4.69, 9.17) is 0 Å². The molecule has 0 aliphatic rings. The maximum Gasteiger partial charge on any atom is 0.294 e. The Bertz CT molecular complexity index is 371. The van der Waals surface area contributed by atoms with E-state index >= 15 is 0 Å². The van der Waals surface area contributed by atoms with Crippen molar-refractivity contribution in [2.24, 2.45) is 17.0 Å². The SMILES string of the molecule is C=Nc1[nH]n(C)c(=O)c1/N=C\C. The largest absolute Gasteiger partial charge is 0.294 e. The van der Waals surface area contributed by atoms with Crippen molar-refractivity contribution in [2.45, 2.75) is 6.92 Å². The zero-order valence-electron chi connectivity index (χ0n) is 7.03. The number of aliphatic imine (C=N–C) groups is 2. The molecule has 1 aromatic heterocycles. The van der Waals surface area contributed by atoms with Gasteiger partial charge in [-0.1, -0.05) is 0 Å². The Labute approximate surface area is 69.5 Å². The summed E-state index contributed by atoms with van der Waals surface area (Å²) < 4.78 is 1.31. The van der Waals surface area contributed by atoms with E-state index in [1.54, 1.807) is 20.2 Å². The average molecular weight is 166 g/mol. The Kier molecular flexibility index (Phi) is 2.23. The number of aromatic nitrogens is 2. The maximum atomic E-state index is 11.3. The smallest absolute Gasteiger partial charge is 0.277 e. The minimum Gasteiger partial charge on any atom is -0.277 e. The molecule has 0 unspecified atom stereocenters. The zero-order chi connectivity index (χ0) is 9.14. The summed E-state index contributed by atoms with van der Waals surface area (Å²) in [7, 11) is 1.60. The van der Waals surface area contributed by atoms with E-state index in [0.717, 1.165) is 0 Å². The fourth-order valence-corrected chi connectivity index (χ4v) is 0.878. The number of nitrogens with zero attached hydrogens (tertiary/aromatic N) is 3. The fourth-order valence-electron chi connectivity index (χ4n) is 0.878. The van der Waals surface area contributed by atoms with Crippen LogP contribution in [0.1, 0.15) is 6.92 Å². The first-order chi connectivity index (χ1) is 5.70. The lowest BCUT2D eigenvalue weighted by atomic mass is 10.5. The van der Waals surface area contributed by atoms with Crippen LogP contribution in [0.3, 0.4) is 0 Å². The predicted molar refractivity (Wildman–Crippen MR) is 49.1 cm³/mol. The lowest BCUT2D eigenvalue weighted by Crippen LogP contribution is -2.10. The average Bonchev–Trinajstić information content (AvgIpc) is 2.33. The fraction of sp³-hybridized carbons (Fsp3) is 0.286. The second-order valence-corrected chi connectivity index (χ2v) is 2.22. The molecule has 0 saturated carbocycles. The zero-order valence-corrected chi connectivity index (χ0v) is 7.03. The Morgan fingerprint density at radius 1 is 1.67 bits per heavy atom. The summed E-state index contributed by atoms with van der Waals surface area (Å²) in [6.07, 6.45) is 1.54. The van der Waals surface area contributed by atoms with Crippen molar-refractivity contribution < 1.29 is 0 Å². The van der Waals surface area contributed by atoms with Crippen LogP contribution in [0.25, 0.3) is 0 Å². The Hall–Kier alpha value is -1.65. The highest BCUT2D eigenvalue weighted by Crippen LogP contribution is 2.19. The van der Waals surface area contributed by atoms with Crippen LogP contribution in [0.2, 0.25) is 0 Å². The highest BCUT2D eigenvalue weighted by atomic mass is 16.1. The molecule has 0 aliphatic carbocycles. The van der Waals surface area contributed by atoms with Crippen molar-refractivity contribution >= 4 is 24.4 Å². The van der Waals surface area contributed by atoms with Gasteiger partial charge in [0, 0.05) is 13.3 Å². The number of nitrogens with one attached hydrogen (secondary N) is 1. The molecule has 0 atom stereocenters. The number of H-pyrrole nitrogens is 1. The summed E-state index contributed by atoms with van der Waals surface area (Å²) in [5.41, 5.74) is 0.102. The molecule has 0 fully saturated rings. The van der Waals surface area contributed by atoms with Crippen molar-refractivity contribution in [3.63, 3.8) is 0 Å². The van der Waals surface area contributed by atoms with Crippen molar-refractivity contribution in [3.05, 3.63) is 10.4 Å². The van der Waals surface area contributed by atoms with Crippen LogP contribution in [0.4, 0.5) is 11.5 Å². The monoisotopic (exact) mass is 166 g/mol.